The topological polar surface area (TPSA) is 73.1 Å². The lowest BCUT2D eigenvalue weighted by atomic mass is 10.3. The zero-order valence-electron chi connectivity index (χ0n) is 6.92. The molecule has 1 heterocycles. The molecule has 0 unspecified atom stereocenters. The number of pyridine rings is 1. The van der Waals surface area contributed by atoms with Gasteiger partial charge >= 0.3 is 0 Å². The zero-order valence-corrected chi connectivity index (χ0v) is 8.49. The summed E-state index contributed by atoms with van der Waals surface area (Å²) in [6.45, 7) is 0. The molecule has 0 aliphatic carbocycles. The summed E-state index contributed by atoms with van der Waals surface area (Å²) in [5.74, 6) is -1.37. The number of hydrogen-bond donors (Lipinski definition) is 1. The van der Waals surface area contributed by atoms with Crippen LogP contribution in [0.1, 0.15) is 12.0 Å². The molecule has 0 fully saturated rings. The standard InChI is InChI=1S/C6H4ClF3N2O2S/c7-3-1-2(4(8)9)6(12-5(3)10)15(11,13)14/h1,4H,(H2,11,13,14). The molecule has 0 saturated carbocycles. The van der Waals surface area contributed by atoms with E-state index in [1.807, 2.05) is 0 Å². The second kappa shape index (κ2) is 3.95. The quantitative estimate of drug-likeness (QED) is 0.818. The van der Waals surface area contributed by atoms with E-state index in [-0.39, 0.29) is 0 Å². The molecule has 2 N–H and O–H groups in total. The van der Waals surface area contributed by atoms with Crippen LogP contribution in [0.2, 0.25) is 5.02 Å². The number of rotatable bonds is 2. The zero-order chi connectivity index (χ0) is 11.8. The Kier molecular flexibility index (Phi) is 3.22. The fraction of sp³-hybridized carbons (Fsp3) is 0.167. The van der Waals surface area contributed by atoms with Crippen LogP contribution in [0.3, 0.4) is 0 Å². The summed E-state index contributed by atoms with van der Waals surface area (Å²) in [7, 11) is -4.51. The van der Waals surface area contributed by atoms with Crippen LogP contribution in [0.5, 0.6) is 0 Å². The number of halogens is 4. The van der Waals surface area contributed by atoms with Gasteiger partial charge in [0.2, 0.25) is 5.95 Å². The van der Waals surface area contributed by atoms with Crippen molar-refractivity contribution >= 4 is 21.6 Å². The highest BCUT2D eigenvalue weighted by atomic mass is 35.5. The molecular weight excluding hydrogens is 257 g/mol. The Bertz CT molecular complexity index is 491. The summed E-state index contributed by atoms with van der Waals surface area (Å²) in [5, 5.41) is 2.68. The molecule has 4 nitrogen and oxygen atoms in total. The second-order valence-electron chi connectivity index (χ2n) is 2.50. The summed E-state index contributed by atoms with van der Waals surface area (Å²) in [6, 6.07) is 0.480. The molecule has 15 heavy (non-hydrogen) atoms. The van der Waals surface area contributed by atoms with Crippen molar-refractivity contribution in [1.82, 2.24) is 4.98 Å². The van der Waals surface area contributed by atoms with E-state index in [9.17, 15) is 21.6 Å². The van der Waals surface area contributed by atoms with Gasteiger partial charge in [0.25, 0.3) is 16.4 Å². The molecule has 0 bridgehead atoms. The van der Waals surface area contributed by atoms with Crippen molar-refractivity contribution < 1.29 is 21.6 Å². The van der Waals surface area contributed by atoms with Gasteiger partial charge in [-0.1, -0.05) is 11.6 Å². The van der Waals surface area contributed by atoms with Gasteiger partial charge < -0.3 is 0 Å². The fourth-order valence-corrected chi connectivity index (χ4v) is 1.69. The maximum atomic E-state index is 12.7. The first kappa shape index (κ1) is 12.2. The number of nitrogens with two attached hydrogens (primary N) is 1. The number of sulfonamides is 1. The van der Waals surface area contributed by atoms with Crippen LogP contribution in [0.4, 0.5) is 13.2 Å². The molecule has 84 valence electrons. The molecule has 0 amide bonds. The molecule has 1 aromatic heterocycles. The predicted molar refractivity (Wildman–Crippen MR) is 45.5 cm³/mol. The van der Waals surface area contributed by atoms with Crippen molar-refractivity contribution in [3.8, 4) is 0 Å². The smallest absolute Gasteiger partial charge is 0.223 e. The van der Waals surface area contributed by atoms with Crippen molar-refractivity contribution in [2.45, 2.75) is 11.5 Å². The fourth-order valence-electron chi connectivity index (χ4n) is 0.849. The van der Waals surface area contributed by atoms with Gasteiger partial charge in [-0.3, -0.25) is 0 Å². The van der Waals surface area contributed by atoms with E-state index in [0.29, 0.717) is 6.07 Å². The van der Waals surface area contributed by atoms with E-state index in [2.05, 4.69) is 10.1 Å². The molecule has 0 aliphatic heterocycles. The third kappa shape index (κ3) is 2.58. The number of primary sulfonamides is 1. The van der Waals surface area contributed by atoms with Gasteiger partial charge in [-0.05, 0) is 6.07 Å². The van der Waals surface area contributed by atoms with Gasteiger partial charge in [0.1, 0.15) is 0 Å². The molecule has 0 aromatic carbocycles. The monoisotopic (exact) mass is 260 g/mol. The summed E-state index contributed by atoms with van der Waals surface area (Å²) in [5.41, 5.74) is -1.02. The third-order valence-electron chi connectivity index (χ3n) is 1.43. The lowest BCUT2D eigenvalue weighted by Gasteiger charge is -2.06. The number of aromatic nitrogens is 1. The summed E-state index contributed by atoms with van der Waals surface area (Å²) >= 11 is 5.17. The van der Waals surface area contributed by atoms with E-state index in [4.69, 9.17) is 11.6 Å². The van der Waals surface area contributed by atoms with Gasteiger partial charge in [0, 0.05) is 0 Å². The molecule has 0 spiro atoms. The van der Waals surface area contributed by atoms with Crippen molar-refractivity contribution in [1.29, 1.82) is 0 Å². The van der Waals surface area contributed by atoms with E-state index < -0.39 is 38.0 Å². The highest BCUT2D eigenvalue weighted by molar-refractivity contribution is 7.89. The maximum absolute atomic E-state index is 12.7. The Morgan fingerprint density at radius 2 is 2.00 bits per heavy atom. The number of alkyl halides is 2. The Balaban J connectivity index is 3.56. The van der Waals surface area contributed by atoms with Crippen LogP contribution in [0.25, 0.3) is 0 Å². The second-order valence-corrected chi connectivity index (χ2v) is 4.39. The SMILES string of the molecule is NS(=O)(=O)c1nc(F)c(Cl)cc1C(F)F. The van der Waals surface area contributed by atoms with Gasteiger partial charge in [-0.15, -0.1) is 0 Å². The average molecular weight is 261 g/mol. The summed E-state index contributed by atoms with van der Waals surface area (Å²) in [6.07, 6.45) is -3.16. The Hall–Kier alpha value is -0.860. The minimum Gasteiger partial charge on any atom is -0.223 e. The van der Waals surface area contributed by atoms with Crippen molar-refractivity contribution in [3.63, 3.8) is 0 Å². The minimum atomic E-state index is -4.51. The van der Waals surface area contributed by atoms with Gasteiger partial charge in [0.15, 0.2) is 5.03 Å². The van der Waals surface area contributed by atoms with Gasteiger partial charge in [-0.2, -0.15) is 4.39 Å². The van der Waals surface area contributed by atoms with Crippen molar-refractivity contribution in [2.24, 2.45) is 5.14 Å². The lowest BCUT2D eigenvalue weighted by Crippen LogP contribution is -2.17. The predicted octanol–water partition coefficient (Wildman–Crippen LogP) is 1.46. The Morgan fingerprint density at radius 1 is 1.47 bits per heavy atom. The highest BCUT2D eigenvalue weighted by Crippen LogP contribution is 2.28. The molecule has 1 aromatic rings. The molecule has 0 radical (unpaired) electrons. The average Bonchev–Trinajstić information content (AvgIpc) is 2.06. The van der Waals surface area contributed by atoms with Crippen molar-refractivity contribution in [2.75, 3.05) is 0 Å². The third-order valence-corrected chi connectivity index (χ3v) is 2.56. The van der Waals surface area contributed by atoms with Gasteiger partial charge in [-0.25, -0.2) is 27.3 Å². The summed E-state index contributed by atoms with van der Waals surface area (Å²) in [4.78, 5) is 2.77. The van der Waals surface area contributed by atoms with E-state index in [0.717, 1.165) is 0 Å². The molecular formula is C6H4ClF3N2O2S. The van der Waals surface area contributed by atoms with Crippen molar-refractivity contribution in [3.05, 3.63) is 22.6 Å². The molecule has 1 rings (SSSR count). The summed E-state index contributed by atoms with van der Waals surface area (Å²) < 4.78 is 59.0. The van der Waals surface area contributed by atoms with Crippen LogP contribution in [-0.4, -0.2) is 13.4 Å². The first-order valence-electron chi connectivity index (χ1n) is 3.40. The van der Waals surface area contributed by atoms with E-state index in [1.165, 1.54) is 0 Å². The van der Waals surface area contributed by atoms with Crippen LogP contribution in [0, 0.1) is 5.95 Å². The van der Waals surface area contributed by atoms with E-state index >= 15 is 0 Å². The molecule has 0 saturated heterocycles. The first-order chi connectivity index (χ1) is 6.73. The largest absolute Gasteiger partial charge is 0.266 e. The molecule has 0 aliphatic rings. The van der Waals surface area contributed by atoms with Gasteiger partial charge in [0.05, 0.1) is 10.6 Å². The minimum absolute atomic E-state index is 0.480. The maximum Gasteiger partial charge on any atom is 0.266 e. The van der Waals surface area contributed by atoms with Crippen LogP contribution >= 0.6 is 11.6 Å². The van der Waals surface area contributed by atoms with Crippen LogP contribution in [0.15, 0.2) is 11.1 Å². The molecule has 0 atom stereocenters. The number of hydrogen-bond acceptors (Lipinski definition) is 3. The Labute approximate surface area is 87.9 Å². The normalized spacial score (nSPS) is 12.1. The number of nitrogens with zero attached hydrogens (tertiary/aromatic N) is 1. The first-order valence-corrected chi connectivity index (χ1v) is 5.33. The van der Waals surface area contributed by atoms with Crippen LogP contribution in [-0.2, 0) is 10.0 Å². The lowest BCUT2D eigenvalue weighted by molar-refractivity contribution is 0.146. The Morgan fingerprint density at radius 3 is 2.40 bits per heavy atom. The highest BCUT2D eigenvalue weighted by Gasteiger charge is 2.24. The van der Waals surface area contributed by atoms with Crippen LogP contribution < -0.4 is 5.14 Å². The van der Waals surface area contributed by atoms with E-state index in [1.54, 1.807) is 0 Å². The molecule has 9 heteroatoms.